The third-order valence-electron chi connectivity index (χ3n) is 4.54. The Bertz CT molecular complexity index is 1370. The van der Waals surface area contributed by atoms with Crippen molar-refractivity contribution in [2.75, 3.05) is 0 Å². The van der Waals surface area contributed by atoms with E-state index >= 15 is 0 Å². The molecule has 4 rings (SSSR count). The van der Waals surface area contributed by atoms with Gasteiger partial charge in [0.15, 0.2) is 0 Å². The van der Waals surface area contributed by atoms with Crippen LogP contribution in [0.3, 0.4) is 0 Å². The molecule has 7 heteroatoms. The molecule has 0 spiro atoms. The molecule has 4 aromatic rings. The predicted molar refractivity (Wildman–Crippen MR) is 121 cm³/mol. The number of nitrogens with one attached hydrogen (secondary N) is 1. The van der Waals surface area contributed by atoms with Crippen molar-refractivity contribution in [3.8, 4) is 5.75 Å². The van der Waals surface area contributed by atoms with Crippen LogP contribution in [0.15, 0.2) is 85.9 Å². The van der Waals surface area contributed by atoms with Crippen molar-refractivity contribution >= 4 is 33.0 Å². The Balaban J connectivity index is 1.67. The molecule has 0 fully saturated rings. The molecule has 30 heavy (non-hydrogen) atoms. The smallest absolute Gasteiger partial charge is 0.349 e. The summed E-state index contributed by atoms with van der Waals surface area (Å²) in [6.07, 6.45) is 1.45. The van der Waals surface area contributed by atoms with Crippen molar-refractivity contribution in [1.29, 1.82) is 0 Å². The standard InChI is InChI=1S/C23H18BrN3O3/c1-15-5-4-6-16(11-15)14-30-21-10-9-18(24)12-17(21)13-25-27-22(28)19-7-2-3-8-20(19)26-23(27)29/h2-13H,14H2,1H3,(H,26,29). The summed E-state index contributed by atoms with van der Waals surface area (Å²) >= 11 is 3.44. The highest BCUT2D eigenvalue weighted by Crippen LogP contribution is 2.23. The van der Waals surface area contributed by atoms with Gasteiger partial charge < -0.3 is 9.72 Å². The number of para-hydroxylation sites is 1. The molecule has 1 aromatic heterocycles. The number of aromatic amines is 1. The maximum Gasteiger partial charge on any atom is 0.349 e. The number of hydrogen-bond acceptors (Lipinski definition) is 4. The quantitative estimate of drug-likeness (QED) is 0.450. The van der Waals surface area contributed by atoms with Crippen molar-refractivity contribution in [1.82, 2.24) is 9.66 Å². The van der Waals surface area contributed by atoms with Gasteiger partial charge in [-0.25, -0.2) is 4.79 Å². The van der Waals surface area contributed by atoms with Gasteiger partial charge in [0.2, 0.25) is 0 Å². The van der Waals surface area contributed by atoms with Gasteiger partial charge in [-0.15, -0.1) is 4.68 Å². The average molecular weight is 464 g/mol. The molecular weight excluding hydrogens is 446 g/mol. The number of hydrogen-bond donors (Lipinski definition) is 1. The number of aromatic nitrogens is 2. The van der Waals surface area contributed by atoms with Gasteiger partial charge >= 0.3 is 5.69 Å². The van der Waals surface area contributed by atoms with Gasteiger partial charge in [-0.2, -0.15) is 5.10 Å². The molecule has 0 bridgehead atoms. The summed E-state index contributed by atoms with van der Waals surface area (Å²) in [6, 6.07) is 20.4. The molecule has 0 atom stereocenters. The van der Waals surface area contributed by atoms with Gasteiger partial charge in [-0.3, -0.25) is 4.79 Å². The van der Waals surface area contributed by atoms with Crippen LogP contribution in [0.25, 0.3) is 10.9 Å². The molecule has 0 saturated heterocycles. The van der Waals surface area contributed by atoms with E-state index in [2.05, 4.69) is 32.1 Å². The molecule has 3 aromatic carbocycles. The summed E-state index contributed by atoms with van der Waals surface area (Å²) in [5, 5.41) is 4.52. The fraction of sp³-hybridized carbons (Fsp3) is 0.0870. The maximum absolute atomic E-state index is 12.7. The van der Waals surface area contributed by atoms with Crippen LogP contribution in [0.5, 0.6) is 5.75 Å². The molecule has 0 aliphatic heterocycles. The predicted octanol–water partition coefficient (Wildman–Crippen LogP) is 4.22. The van der Waals surface area contributed by atoms with Crippen LogP contribution in [-0.4, -0.2) is 15.9 Å². The Labute approximate surface area is 180 Å². The number of halogens is 1. The highest BCUT2D eigenvalue weighted by atomic mass is 79.9. The number of aryl methyl sites for hydroxylation is 1. The molecule has 150 valence electrons. The van der Waals surface area contributed by atoms with E-state index in [1.54, 1.807) is 24.3 Å². The molecule has 0 saturated carbocycles. The molecule has 0 unspecified atom stereocenters. The van der Waals surface area contributed by atoms with E-state index in [9.17, 15) is 9.59 Å². The van der Waals surface area contributed by atoms with Crippen LogP contribution in [0.2, 0.25) is 0 Å². The maximum atomic E-state index is 12.7. The summed E-state index contributed by atoms with van der Waals surface area (Å²) in [6.45, 7) is 2.42. The van der Waals surface area contributed by atoms with Crippen molar-refractivity contribution in [3.63, 3.8) is 0 Å². The number of H-pyrrole nitrogens is 1. The van der Waals surface area contributed by atoms with Crippen LogP contribution in [0.4, 0.5) is 0 Å². The highest BCUT2D eigenvalue weighted by Gasteiger charge is 2.08. The van der Waals surface area contributed by atoms with Crippen molar-refractivity contribution < 1.29 is 4.74 Å². The molecule has 0 aliphatic carbocycles. The van der Waals surface area contributed by atoms with Gasteiger partial charge in [0.05, 0.1) is 17.1 Å². The lowest BCUT2D eigenvalue weighted by atomic mass is 10.1. The summed E-state index contributed by atoms with van der Waals surface area (Å²) < 4.78 is 7.61. The lowest BCUT2D eigenvalue weighted by Crippen LogP contribution is -2.32. The minimum atomic E-state index is -0.604. The van der Waals surface area contributed by atoms with Gasteiger partial charge in [0, 0.05) is 10.0 Å². The molecule has 0 radical (unpaired) electrons. The second-order valence-corrected chi connectivity index (χ2v) is 7.71. The third-order valence-corrected chi connectivity index (χ3v) is 5.04. The van der Waals surface area contributed by atoms with Crippen molar-refractivity contribution in [2.24, 2.45) is 5.10 Å². The van der Waals surface area contributed by atoms with E-state index in [4.69, 9.17) is 4.74 Å². The Morgan fingerprint density at radius 1 is 1.07 bits per heavy atom. The van der Waals surface area contributed by atoms with Crippen LogP contribution in [-0.2, 0) is 6.61 Å². The monoisotopic (exact) mass is 463 g/mol. The van der Waals surface area contributed by atoms with E-state index < -0.39 is 11.2 Å². The molecule has 1 heterocycles. The van der Waals surface area contributed by atoms with E-state index in [1.165, 1.54) is 6.21 Å². The summed E-state index contributed by atoms with van der Waals surface area (Å²) in [7, 11) is 0. The SMILES string of the molecule is Cc1cccc(COc2ccc(Br)cc2C=Nn2c(=O)[nH]c3ccccc3c2=O)c1. The number of nitrogens with zero attached hydrogens (tertiary/aromatic N) is 2. The second-order valence-electron chi connectivity index (χ2n) is 6.80. The van der Waals surface area contributed by atoms with Crippen molar-refractivity contribution in [2.45, 2.75) is 13.5 Å². The van der Waals surface area contributed by atoms with Gasteiger partial charge in [-0.1, -0.05) is 57.9 Å². The molecule has 0 aliphatic rings. The zero-order valence-electron chi connectivity index (χ0n) is 16.1. The number of ether oxygens (including phenoxy) is 1. The summed E-state index contributed by atoms with van der Waals surface area (Å²) in [5.41, 5.74) is 2.22. The Morgan fingerprint density at radius 2 is 1.90 bits per heavy atom. The van der Waals surface area contributed by atoms with Crippen LogP contribution in [0.1, 0.15) is 16.7 Å². The largest absolute Gasteiger partial charge is 0.488 e. The van der Waals surface area contributed by atoms with Crippen LogP contribution in [0, 0.1) is 6.92 Å². The van der Waals surface area contributed by atoms with E-state index in [-0.39, 0.29) is 0 Å². The summed E-state index contributed by atoms with van der Waals surface area (Å²) in [4.78, 5) is 27.6. The zero-order valence-corrected chi connectivity index (χ0v) is 17.7. The molecule has 1 N–H and O–H groups in total. The zero-order chi connectivity index (χ0) is 21.1. The fourth-order valence-corrected chi connectivity index (χ4v) is 3.47. The minimum absolute atomic E-state index is 0.388. The Morgan fingerprint density at radius 3 is 2.73 bits per heavy atom. The van der Waals surface area contributed by atoms with E-state index in [1.807, 2.05) is 43.3 Å². The lowest BCUT2D eigenvalue weighted by Gasteiger charge is -2.10. The number of benzene rings is 3. The first-order chi connectivity index (χ1) is 14.5. The van der Waals surface area contributed by atoms with Crippen LogP contribution < -0.4 is 16.0 Å². The number of rotatable bonds is 5. The third kappa shape index (κ3) is 4.26. The highest BCUT2D eigenvalue weighted by molar-refractivity contribution is 9.10. The number of fused-ring (bicyclic) bond motifs is 1. The Hall–Kier alpha value is -3.45. The first kappa shape index (κ1) is 19.8. The topological polar surface area (TPSA) is 76.5 Å². The molecule has 0 amide bonds. The van der Waals surface area contributed by atoms with Crippen molar-refractivity contribution in [3.05, 3.63) is 109 Å². The van der Waals surface area contributed by atoms with Gasteiger partial charge in [0.25, 0.3) is 5.56 Å². The first-order valence-corrected chi connectivity index (χ1v) is 10.1. The summed E-state index contributed by atoms with van der Waals surface area (Å²) in [5.74, 6) is 0.591. The van der Waals surface area contributed by atoms with E-state index in [0.717, 1.165) is 20.3 Å². The first-order valence-electron chi connectivity index (χ1n) is 9.27. The lowest BCUT2D eigenvalue weighted by molar-refractivity contribution is 0.305. The van der Waals surface area contributed by atoms with Gasteiger partial charge in [-0.05, 0) is 42.8 Å². The molecule has 6 nitrogen and oxygen atoms in total. The average Bonchev–Trinajstić information content (AvgIpc) is 2.73. The Kier molecular flexibility index (Phi) is 5.63. The molecular formula is C23H18BrN3O3. The second kappa shape index (κ2) is 8.51. The fourth-order valence-electron chi connectivity index (χ4n) is 3.09. The normalized spacial score (nSPS) is 11.3. The van der Waals surface area contributed by atoms with Crippen LogP contribution >= 0.6 is 15.9 Å². The van der Waals surface area contributed by atoms with Gasteiger partial charge in [0.1, 0.15) is 12.4 Å². The minimum Gasteiger partial charge on any atom is -0.488 e. The van der Waals surface area contributed by atoms with E-state index in [0.29, 0.717) is 28.8 Å².